The molecule has 6 heteroatoms. The summed E-state index contributed by atoms with van der Waals surface area (Å²) in [5, 5.41) is 11.0. The third kappa shape index (κ3) is 2.92. The van der Waals surface area contributed by atoms with Crippen LogP contribution in [0.15, 0.2) is 37.1 Å². The van der Waals surface area contributed by atoms with Crippen LogP contribution in [-0.4, -0.2) is 20.4 Å². The normalized spacial score (nSPS) is 9.72. The van der Waals surface area contributed by atoms with Gasteiger partial charge in [0.05, 0.1) is 6.07 Å². The van der Waals surface area contributed by atoms with Gasteiger partial charge in [0.25, 0.3) is 0 Å². The zero-order valence-electron chi connectivity index (χ0n) is 9.58. The second-order valence-electron chi connectivity index (χ2n) is 3.61. The van der Waals surface area contributed by atoms with Crippen molar-refractivity contribution in [2.24, 2.45) is 0 Å². The van der Waals surface area contributed by atoms with Crippen LogP contribution in [0.5, 0.6) is 0 Å². The van der Waals surface area contributed by atoms with Crippen molar-refractivity contribution in [1.29, 1.82) is 5.26 Å². The van der Waals surface area contributed by atoms with Crippen LogP contribution in [0.3, 0.4) is 0 Å². The molecule has 0 spiro atoms. The molecule has 0 aliphatic carbocycles. The van der Waals surface area contributed by atoms with Gasteiger partial charge in [-0.05, 0) is 11.6 Å². The van der Waals surface area contributed by atoms with Crippen LogP contribution in [0.25, 0.3) is 5.82 Å². The van der Waals surface area contributed by atoms with Crippen molar-refractivity contribution in [2.45, 2.75) is 13.0 Å². The fourth-order valence-electron chi connectivity index (χ4n) is 1.40. The van der Waals surface area contributed by atoms with E-state index in [2.05, 4.69) is 15.3 Å². The van der Waals surface area contributed by atoms with Gasteiger partial charge in [0.2, 0.25) is 5.91 Å². The lowest BCUT2D eigenvalue weighted by Gasteiger charge is -2.04. The predicted molar refractivity (Wildman–Crippen MR) is 63.4 cm³/mol. The molecule has 0 aliphatic rings. The Bertz CT molecular complexity index is 553. The Morgan fingerprint density at radius 2 is 2.39 bits per heavy atom. The minimum atomic E-state index is -0.281. The third-order valence-electron chi connectivity index (χ3n) is 2.31. The smallest absolute Gasteiger partial charge is 0.234 e. The Labute approximate surface area is 104 Å². The van der Waals surface area contributed by atoms with Crippen molar-refractivity contribution in [3.8, 4) is 11.9 Å². The fourth-order valence-corrected chi connectivity index (χ4v) is 1.40. The molecule has 90 valence electrons. The number of aromatic nitrogens is 3. The van der Waals surface area contributed by atoms with Crippen LogP contribution in [0, 0.1) is 11.3 Å². The summed E-state index contributed by atoms with van der Waals surface area (Å²) in [4.78, 5) is 19.3. The van der Waals surface area contributed by atoms with Gasteiger partial charge in [-0.25, -0.2) is 9.97 Å². The SMILES string of the molecule is N#CCC(=O)NCc1ccc(-n2ccnc2)nc1. The molecule has 18 heavy (non-hydrogen) atoms. The van der Waals surface area contributed by atoms with Crippen LogP contribution in [0.4, 0.5) is 0 Å². The van der Waals surface area contributed by atoms with E-state index in [1.807, 2.05) is 12.1 Å². The van der Waals surface area contributed by atoms with Crippen molar-refractivity contribution >= 4 is 5.91 Å². The lowest BCUT2D eigenvalue weighted by Crippen LogP contribution is -2.21. The second kappa shape index (κ2) is 5.59. The zero-order chi connectivity index (χ0) is 12.8. The number of carbonyl (C=O) groups is 1. The van der Waals surface area contributed by atoms with Gasteiger partial charge in [0, 0.05) is 25.1 Å². The Hall–Kier alpha value is -2.68. The minimum absolute atomic E-state index is 0.124. The van der Waals surface area contributed by atoms with E-state index in [9.17, 15) is 4.79 Å². The average molecular weight is 241 g/mol. The van der Waals surface area contributed by atoms with Crippen LogP contribution in [0.2, 0.25) is 0 Å². The number of nitriles is 1. The molecule has 2 aromatic rings. The van der Waals surface area contributed by atoms with Gasteiger partial charge in [-0.1, -0.05) is 6.07 Å². The van der Waals surface area contributed by atoms with E-state index in [0.29, 0.717) is 6.54 Å². The van der Waals surface area contributed by atoms with E-state index in [1.165, 1.54) is 0 Å². The van der Waals surface area contributed by atoms with Gasteiger partial charge < -0.3 is 5.32 Å². The van der Waals surface area contributed by atoms with Crippen LogP contribution >= 0.6 is 0 Å². The number of carbonyl (C=O) groups excluding carboxylic acids is 1. The molecule has 0 aromatic carbocycles. The summed E-state index contributed by atoms with van der Waals surface area (Å²) in [6.07, 6.45) is 6.70. The van der Waals surface area contributed by atoms with E-state index in [-0.39, 0.29) is 12.3 Å². The summed E-state index contributed by atoms with van der Waals surface area (Å²) in [5.41, 5.74) is 0.880. The summed E-state index contributed by atoms with van der Waals surface area (Å²) < 4.78 is 1.79. The first-order valence-electron chi connectivity index (χ1n) is 5.36. The molecule has 0 atom stereocenters. The first kappa shape index (κ1) is 11.8. The Morgan fingerprint density at radius 1 is 1.50 bits per heavy atom. The summed E-state index contributed by atoms with van der Waals surface area (Å²) in [6, 6.07) is 5.50. The van der Waals surface area contributed by atoms with Gasteiger partial charge in [0.15, 0.2) is 0 Å². The number of nitrogens with zero attached hydrogens (tertiary/aromatic N) is 4. The predicted octanol–water partition coefficient (Wildman–Crippen LogP) is 0.797. The number of imidazole rings is 1. The molecule has 1 amide bonds. The molecule has 0 aliphatic heterocycles. The molecule has 0 saturated heterocycles. The lowest BCUT2D eigenvalue weighted by molar-refractivity contribution is -0.120. The highest BCUT2D eigenvalue weighted by atomic mass is 16.1. The molecule has 2 aromatic heterocycles. The molecular weight excluding hydrogens is 230 g/mol. The molecule has 0 bridgehead atoms. The van der Waals surface area contributed by atoms with Gasteiger partial charge in [-0.15, -0.1) is 0 Å². The maximum atomic E-state index is 11.1. The van der Waals surface area contributed by atoms with Crippen LogP contribution in [-0.2, 0) is 11.3 Å². The topological polar surface area (TPSA) is 83.6 Å². The van der Waals surface area contributed by atoms with Crippen LogP contribution < -0.4 is 5.32 Å². The first-order valence-corrected chi connectivity index (χ1v) is 5.36. The van der Waals surface area contributed by atoms with Crippen molar-refractivity contribution in [3.05, 3.63) is 42.6 Å². The number of hydrogen-bond donors (Lipinski definition) is 1. The van der Waals surface area contributed by atoms with Gasteiger partial charge >= 0.3 is 0 Å². The van der Waals surface area contributed by atoms with Crippen molar-refractivity contribution < 1.29 is 4.79 Å². The highest BCUT2D eigenvalue weighted by molar-refractivity contribution is 5.77. The van der Waals surface area contributed by atoms with Crippen LogP contribution in [0.1, 0.15) is 12.0 Å². The molecule has 2 rings (SSSR count). The molecular formula is C12H11N5O. The fraction of sp³-hybridized carbons (Fsp3) is 0.167. The van der Waals surface area contributed by atoms with Crippen molar-refractivity contribution in [1.82, 2.24) is 19.9 Å². The number of hydrogen-bond acceptors (Lipinski definition) is 4. The quantitative estimate of drug-likeness (QED) is 0.858. The van der Waals surface area contributed by atoms with E-state index < -0.39 is 0 Å². The summed E-state index contributed by atoms with van der Waals surface area (Å²) in [5.74, 6) is 0.482. The highest BCUT2D eigenvalue weighted by Gasteiger charge is 2.01. The van der Waals surface area contributed by atoms with Crippen molar-refractivity contribution in [2.75, 3.05) is 0 Å². The summed E-state index contributed by atoms with van der Waals surface area (Å²) in [7, 11) is 0. The van der Waals surface area contributed by atoms with Gasteiger partial charge in [-0.3, -0.25) is 9.36 Å². The zero-order valence-corrected chi connectivity index (χ0v) is 9.58. The largest absolute Gasteiger partial charge is 0.351 e. The maximum absolute atomic E-state index is 11.1. The monoisotopic (exact) mass is 241 g/mol. The molecule has 0 unspecified atom stereocenters. The van der Waals surface area contributed by atoms with E-state index in [1.54, 1.807) is 35.6 Å². The maximum Gasteiger partial charge on any atom is 0.234 e. The molecule has 0 radical (unpaired) electrons. The first-order chi connectivity index (χ1) is 8.79. The third-order valence-corrected chi connectivity index (χ3v) is 2.31. The number of rotatable bonds is 4. The lowest BCUT2D eigenvalue weighted by atomic mass is 10.2. The minimum Gasteiger partial charge on any atom is -0.351 e. The van der Waals surface area contributed by atoms with Gasteiger partial charge in [-0.2, -0.15) is 5.26 Å². The van der Waals surface area contributed by atoms with Crippen molar-refractivity contribution in [3.63, 3.8) is 0 Å². The van der Waals surface area contributed by atoms with E-state index in [0.717, 1.165) is 11.4 Å². The highest BCUT2D eigenvalue weighted by Crippen LogP contribution is 2.05. The standard InChI is InChI=1S/C12H11N5O/c13-4-3-12(18)16-8-10-1-2-11(15-7-10)17-6-5-14-9-17/h1-2,5-7,9H,3,8H2,(H,16,18). The molecule has 1 N–H and O–H groups in total. The molecule has 2 heterocycles. The molecule has 6 nitrogen and oxygen atoms in total. The van der Waals surface area contributed by atoms with E-state index >= 15 is 0 Å². The summed E-state index contributed by atoms with van der Waals surface area (Å²) >= 11 is 0. The second-order valence-corrected chi connectivity index (χ2v) is 3.61. The summed E-state index contributed by atoms with van der Waals surface area (Å²) in [6.45, 7) is 0.373. The molecule has 0 saturated carbocycles. The van der Waals surface area contributed by atoms with Gasteiger partial charge in [0.1, 0.15) is 18.6 Å². The Kier molecular flexibility index (Phi) is 3.66. The number of pyridine rings is 1. The average Bonchev–Trinajstić information content (AvgIpc) is 2.91. The van der Waals surface area contributed by atoms with E-state index in [4.69, 9.17) is 5.26 Å². The molecule has 0 fully saturated rings. The Morgan fingerprint density at radius 3 is 3.00 bits per heavy atom. The Balaban J connectivity index is 1.96. The number of amides is 1. The number of nitrogens with one attached hydrogen (secondary N) is 1.